The largest absolute Gasteiger partial charge is 0.496 e. The molecule has 1 aromatic heterocycles. The Kier molecular flexibility index (Phi) is 6.99. The molecule has 0 aliphatic rings. The van der Waals surface area contributed by atoms with Crippen LogP contribution in [0.15, 0.2) is 71.5 Å². The van der Waals surface area contributed by atoms with Crippen LogP contribution in [0, 0.1) is 0 Å². The number of rotatable bonds is 8. The maximum atomic E-state index is 13.0. The number of nitrogens with one attached hydrogen (secondary N) is 1. The molecule has 0 atom stereocenters. The summed E-state index contributed by atoms with van der Waals surface area (Å²) in [7, 11) is 3.25. The molecule has 0 aliphatic carbocycles. The fourth-order valence-corrected chi connectivity index (χ4v) is 4.07. The Balaban J connectivity index is 1.57. The summed E-state index contributed by atoms with van der Waals surface area (Å²) < 4.78 is 13.2. The van der Waals surface area contributed by atoms with Crippen molar-refractivity contribution in [1.29, 1.82) is 0 Å². The van der Waals surface area contributed by atoms with E-state index < -0.39 is 0 Å². The zero-order chi connectivity index (χ0) is 23.2. The van der Waals surface area contributed by atoms with E-state index in [2.05, 4.69) is 36.8 Å². The normalized spacial score (nSPS) is 10.6. The van der Waals surface area contributed by atoms with Crippen molar-refractivity contribution in [3.05, 3.63) is 82.6 Å². The van der Waals surface area contributed by atoms with Crippen molar-refractivity contribution < 1.29 is 14.3 Å². The first kappa shape index (κ1) is 22.5. The van der Waals surface area contributed by atoms with Crippen LogP contribution in [-0.4, -0.2) is 46.9 Å². The van der Waals surface area contributed by atoms with Gasteiger partial charge in [-0.3, -0.25) is 4.79 Å². The van der Waals surface area contributed by atoms with Crippen molar-refractivity contribution in [2.45, 2.75) is 6.42 Å². The topological polar surface area (TPSA) is 91.2 Å². The SMILES string of the molecule is COc1ccc(CCNC(=O)c2cc(-c3ccccc3OC)cc(-n3cnnn3)c2)cc1Br. The number of hydrogen-bond acceptors (Lipinski definition) is 6. The molecule has 1 N–H and O–H groups in total. The van der Waals surface area contributed by atoms with Crippen molar-refractivity contribution in [3.63, 3.8) is 0 Å². The molecule has 3 aromatic carbocycles. The van der Waals surface area contributed by atoms with Crippen molar-refractivity contribution in [2.24, 2.45) is 0 Å². The Morgan fingerprint density at radius 1 is 1.03 bits per heavy atom. The number of amides is 1. The van der Waals surface area contributed by atoms with Gasteiger partial charge in [0.2, 0.25) is 0 Å². The summed E-state index contributed by atoms with van der Waals surface area (Å²) in [6.45, 7) is 0.483. The molecule has 0 radical (unpaired) electrons. The molecule has 0 fully saturated rings. The minimum Gasteiger partial charge on any atom is -0.496 e. The number of halogens is 1. The molecule has 0 bridgehead atoms. The maximum Gasteiger partial charge on any atom is 0.251 e. The average Bonchev–Trinajstić information content (AvgIpc) is 3.39. The van der Waals surface area contributed by atoms with Gasteiger partial charge in [0.25, 0.3) is 5.91 Å². The third kappa shape index (κ3) is 5.20. The summed E-state index contributed by atoms with van der Waals surface area (Å²) >= 11 is 3.49. The second-order valence-electron chi connectivity index (χ2n) is 7.20. The molecule has 33 heavy (non-hydrogen) atoms. The van der Waals surface area contributed by atoms with Gasteiger partial charge in [0.1, 0.15) is 17.8 Å². The van der Waals surface area contributed by atoms with Crippen LogP contribution in [0.4, 0.5) is 0 Å². The number of para-hydroxylation sites is 1. The molecule has 9 heteroatoms. The van der Waals surface area contributed by atoms with E-state index in [9.17, 15) is 4.79 Å². The van der Waals surface area contributed by atoms with Crippen LogP contribution in [0.1, 0.15) is 15.9 Å². The number of aromatic nitrogens is 4. The summed E-state index contributed by atoms with van der Waals surface area (Å²) in [6, 6.07) is 19.0. The van der Waals surface area contributed by atoms with Crippen molar-refractivity contribution >= 4 is 21.8 Å². The van der Waals surface area contributed by atoms with Crippen LogP contribution < -0.4 is 14.8 Å². The Hall–Kier alpha value is -3.72. The summed E-state index contributed by atoms with van der Waals surface area (Å²) in [5, 5.41) is 14.4. The molecule has 4 aromatic rings. The first-order valence-electron chi connectivity index (χ1n) is 10.2. The van der Waals surface area contributed by atoms with E-state index in [1.54, 1.807) is 20.3 Å². The highest BCUT2D eigenvalue weighted by Crippen LogP contribution is 2.32. The molecule has 0 spiro atoms. The first-order valence-corrected chi connectivity index (χ1v) is 11.0. The number of benzene rings is 3. The lowest BCUT2D eigenvalue weighted by Crippen LogP contribution is -2.26. The van der Waals surface area contributed by atoms with Gasteiger partial charge in [0, 0.05) is 17.7 Å². The minimum absolute atomic E-state index is 0.186. The van der Waals surface area contributed by atoms with Crippen LogP contribution in [0.2, 0.25) is 0 Å². The van der Waals surface area contributed by atoms with Gasteiger partial charge in [-0.2, -0.15) is 0 Å². The standard InChI is InChI=1S/C24H22BrN5O3/c1-32-22-6-4-3-5-20(22)17-12-18(14-19(13-17)30-15-27-28-29-30)24(31)26-10-9-16-7-8-23(33-2)21(25)11-16/h3-8,11-15H,9-10H2,1-2H3,(H,26,31). The number of ether oxygens (including phenoxy) is 2. The van der Waals surface area contributed by atoms with Gasteiger partial charge in [0.15, 0.2) is 0 Å². The van der Waals surface area contributed by atoms with Gasteiger partial charge in [-0.1, -0.05) is 24.3 Å². The van der Waals surface area contributed by atoms with Crippen molar-refractivity contribution in [2.75, 3.05) is 20.8 Å². The van der Waals surface area contributed by atoms with E-state index in [0.717, 1.165) is 26.9 Å². The van der Waals surface area contributed by atoms with Gasteiger partial charge in [-0.15, -0.1) is 5.10 Å². The third-order valence-corrected chi connectivity index (χ3v) is 5.75. The predicted molar refractivity (Wildman–Crippen MR) is 128 cm³/mol. The Bertz CT molecular complexity index is 1260. The van der Waals surface area contributed by atoms with Gasteiger partial charge >= 0.3 is 0 Å². The van der Waals surface area contributed by atoms with Gasteiger partial charge in [-0.25, -0.2) is 4.68 Å². The summed E-state index contributed by atoms with van der Waals surface area (Å²) in [6.07, 6.45) is 2.17. The van der Waals surface area contributed by atoms with Gasteiger partial charge < -0.3 is 14.8 Å². The fourth-order valence-electron chi connectivity index (χ4n) is 3.48. The lowest BCUT2D eigenvalue weighted by Gasteiger charge is -2.13. The van der Waals surface area contributed by atoms with Crippen LogP contribution in [0.5, 0.6) is 11.5 Å². The van der Waals surface area contributed by atoms with Crippen LogP contribution in [0.25, 0.3) is 16.8 Å². The highest BCUT2D eigenvalue weighted by Gasteiger charge is 2.14. The smallest absolute Gasteiger partial charge is 0.251 e. The van der Waals surface area contributed by atoms with E-state index in [1.165, 1.54) is 11.0 Å². The van der Waals surface area contributed by atoms with E-state index in [4.69, 9.17) is 9.47 Å². The van der Waals surface area contributed by atoms with Crippen LogP contribution in [0.3, 0.4) is 0 Å². The highest BCUT2D eigenvalue weighted by atomic mass is 79.9. The van der Waals surface area contributed by atoms with E-state index in [0.29, 0.717) is 30.0 Å². The molecule has 168 valence electrons. The second kappa shape index (κ2) is 10.3. The van der Waals surface area contributed by atoms with Gasteiger partial charge in [-0.05, 0) is 80.3 Å². The lowest BCUT2D eigenvalue weighted by molar-refractivity contribution is 0.0954. The zero-order valence-electron chi connectivity index (χ0n) is 18.2. The summed E-state index contributed by atoms with van der Waals surface area (Å²) in [5.41, 5.74) is 3.95. The second-order valence-corrected chi connectivity index (χ2v) is 8.05. The molecule has 8 nitrogen and oxygen atoms in total. The number of tetrazole rings is 1. The van der Waals surface area contributed by atoms with Crippen LogP contribution in [-0.2, 0) is 6.42 Å². The van der Waals surface area contributed by atoms with E-state index in [1.807, 2.05) is 54.6 Å². The molecule has 0 unspecified atom stereocenters. The Morgan fingerprint density at radius 2 is 1.85 bits per heavy atom. The van der Waals surface area contributed by atoms with E-state index >= 15 is 0 Å². The first-order chi connectivity index (χ1) is 16.1. The number of carbonyl (C=O) groups is 1. The predicted octanol–water partition coefficient (Wildman–Crippen LogP) is 4.08. The van der Waals surface area contributed by atoms with Crippen molar-refractivity contribution in [1.82, 2.24) is 25.5 Å². The lowest BCUT2D eigenvalue weighted by atomic mass is 10.0. The highest BCUT2D eigenvalue weighted by molar-refractivity contribution is 9.10. The minimum atomic E-state index is -0.186. The molecule has 0 aliphatic heterocycles. The maximum absolute atomic E-state index is 13.0. The summed E-state index contributed by atoms with van der Waals surface area (Å²) in [5.74, 6) is 1.29. The fraction of sp³-hybridized carbons (Fsp3) is 0.167. The number of hydrogen-bond donors (Lipinski definition) is 1. The average molecular weight is 508 g/mol. The molecule has 1 heterocycles. The Labute approximate surface area is 199 Å². The molecular weight excluding hydrogens is 486 g/mol. The molecule has 4 rings (SSSR count). The quantitative estimate of drug-likeness (QED) is 0.386. The molecule has 0 saturated heterocycles. The Morgan fingerprint density at radius 3 is 2.58 bits per heavy atom. The van der Waals surface area contributed by atoms with Gasteiger partial charge in [0.05, 0.1) is 24.4 Å². The summed E-state index contributed by atoms with van der Waals surface area (Å²) in [4.78, 5) is 13.0. The molecular formula is C24H22BrN5O3. The van der Waals surface area contributed by atoms with E-state index in [-0.39, 0.29) is 5.91 Å². The van der Waals surface area contributed by atoms with Crippen LogP contribution >= 0.6 is 15.9 Å². The number of nitrogens with zero attached hydrogens (tertiary/aromatic N) is 4. The molecule has 0 saturated carbocycles. The zero-order valence-corrected chi connectivity index (χ0v) is 19.7. The monoisotopic (exact) mass is 507 g/mol. The molecule has 1 amide bonds. The number of carbonyl (C=O) groups excluding carboxylic acids is 1. The number of methoxy groups -OCH3 is 2. The third-order valence-electron chi connectivity index (χ3n) is 5.13. The van der Waals surface area contributed by atoms with Crippen molar-refractivity contribution in [3.8, 4) is 28.3 Å².